The lowest BCUT2D eigenvalue weighted by Crippen LogP contribution is -2.38. The number of nitrogens with one attached hydrogen (secondary N) is 3. The van der Waals surface area contributed by atoms with Crippen molar-refractivity contribution >= 4 is 34.9 Å². The topological polar surface area (TPSA) is 120 Å². The summed E-state index contributed by atoms with van der Waals surface area (Å²) < 4.78 is 5.91. The van der Waals surface area contributed by atoms with Gasteiger partial charge in [-0.15, -0.1) is 0 Å². The van der Waals surface area contributed by atoms with Crippen LogP contribution < -0.4 is 20.3 Å². The van der Waals surface area contributed by atoms with Crippen LogP contribution in [0.1, 0.15) is 12.8 Å². The van der Waals surface area contributed by atoms with Crippen LogP contribution in [-0.4, -0.2) is 46.1 Å². The summed E-state index contributed by atoms with van der Waals surface area (Å²) >= 11 is 0. The van der Waals surface area contributed by atoms with Gasteiger partial charge in [0.2, 0.25) is 5.91 Å². The SMILES string of the molecule is O=C(O)CC1CN(c2ccccc2)c2cc(NC(=O)CCNc3ncc[nH]3)ccc2O1. The summed E-state index contributed by atoms with van der Waals surface area (Å²) in [4.78, 5) is 32.5. The standard InChI is InChI=1S/C22H23N5O4/c28-20(8-9-23-22-24-10-11-25-22)26-15-6-7-19-18(12-15)27(16-4-2-1-3-5-16)14-17(31-19)13-21(29)30/h1-7,10-12,17H,8-9,13-14H2,(H,26,28)(H,29,30)(H2,23,24,25). The molecule has 1 aromatic heterocycles. The number of carbonyl (C=O) groups excluding carboxylic acids is 1. The Kier molecular flexibility index (Phi) is 6.02. The van der Waals surface area contributed by atoms with Crippen LogP contribution in [0.2, 0.25) is 0 Å². The number of para-hydroxylation sites is 1. The Balaban J connectivity index is 1.48. The Morgan fingerprint density at radius 2 is 2.06 bits per heavy atom. The predicted molar refractivity (Wildman–Crippen MR) is 117 cm³/mol. The van der Waals surface area contributed by atoms with Crippen LogP contribution in [0.25, 0.3) is 0 Å². The number of amides is 1. The molecule has 1 atom stereocenters. The highest BCUT2D eigenvalue weighted by molar-refractivity contribution is 5.92. The van der Waals surface area contributed by atoms with Crippen molar-refractivity contribution < 1.29 is 19.4 Å². The van der Waals surface area contributed by atoms with Crippen molar-refractivity contribution in [2.75, 3.05) is 28.6 Å². The van der Waals surface area contributed by atoms with Crippen LogP contribution in [-0.2, 0) is 9.59 Å². The Hall–Kier alpha value is -4.01. The Morgan fingerprint density at radius 1 is 1.23 bits per heavy atom. The van der Waals surface area contributed by atoms with E-state index in [4.69, 9.17) is 4.74 Å². The molecule has 4 N–H and O–H groups in total. The van der Waals surface area contributed by atoms with Crippen LogP contribution >= 0.6 is 0 Å². The maximum absolute atomic E-state index is 12.3. The number of anilines is 4. The van der Waals surface area contributed by atoms with Gasteiger partial charge in [-0.2, -0.15) is 0 Å². The summed E-state index contributed by atoms with van der Waals surface area (Å²) in [5.74, 6) is 0.159. The molecule has 2 aromatic carbocycles. The molecule has 0 saturated carbocycles. The zero-order valence-corrected chi connectivity index (χ0v) is 16.7. The van der Waals surface area contributed by atoms with Crippen LogP contribution in [0.4, 0.5) is 23.0 Å². The van der Waals surface area contributed by atoms with Gasteiger partial charge in [0.1, 0.15) is 11.9 Å². The first kappa shape index (κ1) is 20.3. The van der Waals surface area contributed by atoms with Crippen LogP contribution in [0.5, 0.6) is 5.75 Å². The van der Waals surface area contributed by atoms with Gasteiger partial charge < -0.3 is 30.4 Å². The number of aromatic amines is 1. The van der Waals surface area contributed by atoms with Gasteiger partial charge in [-0.1, -0.05) is 18.2 Å². The average molecular weight is 421 g/mol. The predicted octanol–water partition coefficient (Wildman–Crippen LogP) is 3.22. The van der Waals surface area contributed by atoms with E-state index in [9.17, 15) is 14.7 Å². The van der Waals surface area contributed by atoms with Crippen molar-refractivity contribution in [1.29, 1.82) is 0 Å². The Labute approximate surface area is 179 Å². The smallest absolute Gasteiger partial charge is 0.307 e. The third-order valence-corrected chi connectivity index (χ3v) is 4.83. The van der Waals surface area contributed by atoms with Gasteiger partial charge in [0, 0.05) is 36.7 Å². The molecule has 1 aliphatic heterocycles. The number of carboxylic acid groups (broad SMARTS) is 1. The quantitative estimate of drug-likeness (QED) is 0.441. The zero-order valence-electron chi connectivity index (χ0n) is 16.7. The molecular formula is C22H23N5O4. The number of aromatic nitrogens is 2. The van der Waals surface area contributed by atoms with E-state index >= 15 is 0 Å². The molecule has 0 spiro atoms. The van der Waals surface area contributed by atoms with Crippen molar-refractivity contribution in [3.05, 3.63) is 60.9 Å². The van der Waals surface area contributed by atoms with Crippen molar-refractivity contribution in [2.45, 2.75) is 18.9 Å². The first-order chi connectivity index (χ1) is 15.1. The number of carbonyl (C=O) groups is 2. The number of nitrogens with zero attached hydrogens (tertiary/aromatic N) is 2. The number of carboxylic acids is 1. The van der Waals surface area contributed by atoms with E-state index in [0.717, 1.165) is 11.4 Å². The number of rotatable bonds is 8. The monoisotopic (exact) mass is 421 g/mol. The summed E-state index contributed by atoms with van der Waals surface area (Å²) in [5.41, 5.74) is 2.34. The molecular weight excluding hydrogens is 398 g/mol. The molecule has 0 saturated heterocycles. The van der Waals surface area contributed by atoms with E-state index in [1.54, 1.807) is 24.5 Å². The fourth-order valence-electron chi connectivity index (χ4n) is 3.46. The number of aliphatic carboxylic acids is 1. The van der Waals surface area contributed by atoms with E-state index in [-0.39, 0.29) is 18.7 Å². The summed E-state index contributed by atoms with van der Waals surface area (Å²) in [7, 11) is 0. The summed E-state index contributed by atoms with van der Waals surface area (Å²) in [6.07, 6.45) is 3.05. The second-order valence-corrected chi connectivity index (χ2v) is 7.13. The second-order valence-electron chi connectivity index (χ2n) is 7.13. The highest BCUT2D eigenvalue weighted by atomic mass is 16.5. The Bertz CT molecular complexity index is 1040. The normalized spacial score (nSPS) is 15.0. The van der Waals surface area contributed by atoms with Crippen molar-refractivity contribution in [1.82, 2.24) is 9.97 Å². The Morgan fingerprint density at radius 3 is 2.81 bits per heavy atom. The van der Waals surface area contributed by atoms with Crippen LogP contribution in [0.15, 0.2) is 60.9 Å². The lowest BCUT2D eigenvalue weighted by Gasteiger charge is -2.36. The summed E-state index contributed by atoms with van der Waals surface area (Å²) in [5, 5.41) is 15.1. The lowest BCUT2D eigenvalue weighted by atomic mass is 10.1. The highest BCUT2D eigenvalue weighted by Gasteiger charge is 2.28. The summed E-state index contributed by atoms with van der Waals surface area (Å²) in [6, 6.07) is 15.0. The maximum atomic E-state index is 12.3. The van der Waals surface area contributed by atoms with Gasteiger partial charge in [-0.05, 0) is 30.3 Å². The third kappa shape index (κ3) is 5.13. The summed E-state index contributed by atoms with van der Waals surface area (Å²) in [6.45, 7) is 0.841. The molecule has 1 amide bonds. The fourth-order valence-corrected chi connectivity index (χ4v) is 3.46. The van der Waals surface area contributed by atoms with Gasteiger partial charge >= 0.3 is 5.97 Å². The molecule has 160 valence electrons. The van der Waals surface area contributed by atoms with E-state index in [1.165, 1.54) is 0 Å². The highest BCUT2D eigenvalue weighted by Crippen LogP contribution is 2.40. The fraction of sp³-hybridized carbons (Fsp3) is 0.227. The second kappa shape index (κ2) is 9.21. The molecule has 0 bridgehead atoms. The van der Waals surface area contributed by atoms with Crippen LogP contribution in [0, 0.1) is 0 Å². The van der Waals surface area contributed by atoms with Crippen LogP contribution in [0.3, 0.4) is 0 Å². The molecule has 1 aliphatic rings. The lowest BCUT2D eigenvalue weighted by molar-refractivity contribution is -0.138. The minimum absolute atomic E-state index is 0.0933. The molecule has 9 nitrogen and oxygen atoms in total. The molecule has 4 rings (SSSR count). The first-order valence-corrected chi connectivity index (χ1v) is 9.96. The van der Waals surface area contributed by atoms with Gasteiger partial charge in [-0.3, -0.25) is 9.59 Å². The van der Waals surface area contributed by atoms with Gasteiger partial charge in [0.15, 0.2) is 5.95 Å². The van der Waals surface area contributed by atoms with Crippen molar-refractivity contribution in [2.24, 2.45) is 0 Å². The van der Waals surface area contributed by atoms with E-state index in [2.05, 4.69) is 20.6 Å². The largest absolute Gasteiger partial charge is 0.486 e. The molecule has 31 heavy (non-hydrogen) atoms. The molecule has 2 heterocycles. The number of imidazole rings is 1. The molecule has 0 aliphatic carbocycles. The molecule has 3 aromatic rings. The van der Waals surface area contributed by atoms with Gasteiger partial charge in [0.05, 0.1) is 18.7 Å². The number of hydrogen-bond acceptors (Lipinski definition) is 6. The van der Waals surface area contributed by atoms with Gasteiger partial charge in [0.25, 0.3) is 0 Å². The number of H-pyrrole nitrogens is 1. The van der Waals surface area contributed by atoms with Gasteiger partial charge in [-0.25, -0.2) is 4.98 Å². The number of fused-ring (bicyclic) bond motifs is 1. The average Bonchev–Trinajstić information content (AvgIpc) is 3.27. The van der Waals surface area contributed by atoms with E-state index < -0.39 is 12.1 Å². The third-order valence-electron chi connectivity index (χ3n) is 4.83. The minimum atomic E-state index is -0.909. The molecule has 0 radical (unpaired) electrons. The van der Waals surface area contributed by atoms with E-state index in [0.29, 0.717) is 30.5 Å². The minimum Gasteiger partial charge on any atom is -0.486 e. The zero-order chi connectivity index (χ0) is 21.6. The van der Waals surface area contributed by atoms with E-state index in [1.807, 2.05) is 41.3 Å². The first-order valence-electron chi connectivity index (χ1n) is 9.96. The number of ether oxygens (including phenoxy) is 1. The maximum Gasteiger partial charge on any atom is 0.307 e. The van der Waals surface area contributed by atoms with Crippen molar-refractivity contribution in [3.63, 3.8) is 0 Å². The number of hydrogen-bond donors (Lipinski definition) is 4. The van der Waals surface area contributed by atoms with Crippen molar-refractivity contribution in [3.8, 4) is 5.75 Å². The molecule has 1 unspecified atom stereocenters. The number of benzene rings is 2. The molecule has 0 fully saturated rings. The molecule has 9 heteroatoms.